The van der Waals surface area contributed by atoms with Gasteiger partial charge < -0.3 is 4.74 Å². The summed E-state index contributed by atoms with van der Waals surface area (Å²) in [7, 11) is 1.68. The van der Waals surface area contributed by atoms with Crippen molar-refractivity contribution in [2.24, 2.45) is 5.84 Å². The van der Waals surface area contributed by atoms with Gasteiger partial charge in [0.05, 0.1) is 13.2 Å². The molecule has 0 spiro atoms. The summed E-state index contributed by atoms with van der Waals surface area (Å²) >= 11 is 0. The minimum absolute atomic E-state index is 0.0271. The zero-order chi connectivity index (χ0) is 13.0. The molecule has 3 heteroatoms. The lowest BCUT2D eigenvalue weighted by atomic mass is 9.98. The van der Waals surface area contributed by atoms with E-state index in [0.29, 0.717) is 0 Å². The molecule has 3 N–H and O–H groups in total. The Labute approximate surface area is 108 Å². The average Bonchev–Trinajstić information content (AvgIpc) is 2.42. The monoisotopic (exact) mass is 242 g/mol. The van der Waals surface area contributed by atoms with Crippen LogP contribution in [0.4, 0.5) is 0 Å². The molecule has 0 aliphatic carbocycles. The third-order valence-electron chi connectivity index (χ3n) is 3.07. The van der Waals surface area contributed by atoms with Crippen LogP contribution < -0.4 is 16.0 Å². The SMILES string of the molecule is COc1cc(C(NN)c2ccccc2)ccc1C. The maximum Gasteiger partial charge on any atom is 0.122 e. The highest BCUT2D eigenvalue weighted by molar-refractivity contribution is 5.41. The predicted octanol–water partition coefficient (Wildman–Crippen LogP) is 2.56. The fraction of sp³-hybridized carbons (Fsp3) is 0.200. The highest BCUT2D eigenvalue weighted by Gasteiger charge is 2.13. The summed E-state index contributed by atoms with van der Waals surface area (Å²) in [4.78, 5) is 0. The number of methoxy groups -OCH3 is 1. The first-order chi connectivity index (χ1) is 8.76. The largest absolute Gasteiger partial charge is 0.496 e. The van der Waals surface area contributed by atoms with Crippen LogP contribution in [0.1, 0.15) is 22.7 Å². The van der Waals surface area contributed by atoms with Crippen molar-refractivity contribution in [3.8, 4) is 5.75 Å². The number of hydrogen-bond acceptors (Lipinski definition) is 3. The molecule has 0 aromatic heterocycles. The standard InChI is InChI=1S/C15H18N2O/c1-11-8-9-13(10-14(11)18-2)15(17-16)12-6-4-3-5-7-12/h3-10,15,17H,16H2,1-2H3. The van der Waals surface area contributed by atoms with Gasteiger partial charge in [0.2, 0.25) is 0 Å². The van der Waals surface area contributed by atoms with Gasteiger partial charge in [-0.1, -0.05) is 42.5 Å². The normalized spacial score (nSPS) is 12.2. The second-order valence-corrected chi connectivity index (χ2v) is 4.24. The van der Waals surface area contributed by atoms with E-state index in [0.717, 1.165) is 22.4 Å². The van der Waals surface area contributed by atoms with E-state index < -0.39 is 0 Å². The molecule has 3 nitrogen and oxygen atoms in total. The third kappa shape index (κ3) is 2.53. The molecule has 0 bridgehead atoms. The van der Waals surface area contributed by atoms with Gasteiger partial charge in [0.1, 0.15) is 5.75 Å². The number of hydrazine groups is 1. The third-order valence-corrected chi connectivity index (χ3v) is 3.07. The maximum atomic E-state index is 5.68. The van der Waals surface area contributed by atoms with E-state index >= 15 is 0 Å². The van der Waals surface area contributed by atoms with Crippen molar-refractivity contribution < 1.29 is 4.74 Å². The number of aryl methyl sites for hydroxylation is 1. The Morgan fingerprint density at radius 1 is 1.06 bits per heavy atom. The quantitative estimate of drug-likeness (QED) is 0.640. The molecule has 18 heavy (non-hydrogen) atoms. The predicted molar refractivity (Wildman–Crippen MR) is 73.3 cm³/mol. The van der Waals surface area contributed by atoms with Crippen LogP contribution in [-0.2, 0) is 0 Å². The van der Waals surface area contributed by atoms with Crippen LogP contribution in [0.3, 0.4) is 0 Å². The van der Waals surface area contributed by atoms with Crippen LogP contribution in [0.2, 0.25) is 0 Å². The van der Waals surface area contributed by atoms with Crippen molar-refractivity contribution >= 4 is 0 Å². The second-order valence-electron chi connectivity index (χ2n) is 4.24. The van der Waals surface area contributed by atoms with Crippen LogP contribution >= 0.6 is 0 Å². The highest BCUT2D eigenvalue weighted by Crippen LogP contribution is 2.26. The minimum Gasteiger partial charge on any atom is -0.496 e. The lowest BCUT2D eigenvalue weighted by Gasteiger charge is -2.18. The topological polar surface area (TPSA) is 47.3 Å². The molecule has 2 rings (SSSR count). The van der Waals surface area contributed by atoms with E-state index in [1.807, 2.05) is 37.3 Å². The number of ether oxygens (including phenoxy) is 1. The Balaban J connectivity index is 2.39. The van der Waals surface area contributed by atoms with Gasteiger partial charge in [0.15, 0.2) is 0 Å². The van der Waals surface area contributed by atoms with Gasteiger partial charge in [-0.2, -0.15) is 0 Å². The Bertz CT molecular complexity index is 511. The van der Waals surface area contributed by atoms with Crippen LogP contribution in [0.25, 0.3) is 0 Å². The molecule has 2 aromatic carbocycles. The molecule has 0 aliphatic heterocycles. The highest BCUT2D eigenvalue weighted by atomic mass is 16.5. The van der Waals surface area contributed by atoms with Gasteiger partial charge >= 0.3 is 0 Å². The number of hydrogen-bond donors (Lipinski definition) is 2. The summed E-state index contributed by atoms with van der Waals surface area (Å²) in [5, 5.41) is 0. The van der Waals surface area contributed by atoms with Crippen LogP contribution in [0.15, 0.2) is 48.5 Å². The van der Waals surface area contributed by atoms with Gasteiger partial charge in [-0.25, -0.2) is 5.43 Å². The van der Waals surface area contributed by atoms with Crippen LogP contribution in [0.5, 0.6) is 5.75 Å². The van der Waals surface area contributed by atoms with Crippen molar-refractivity contribution in [1.82, 2.24) is 5.43 Å². The van der Waals surface area contributed by atoms with E-state index in [1.54, 1.807) is 7.11 Å². The summed E-state index contributed by atoms with van der Waals surface area (Å²) in [6.45, 7) is 2.02. The second kappa shape index (κ2) is 5.67. The van der Waals surface area contributed by atoms with Crippen molar-refractivity contribution in [2.45, 2.75) is 13.0 Å². The Morgan fingerprint density at radius 2 is 1.78 bits per heavy atom. The first-order valence-electron chi connectivity index (χ1n) is 5.92. The number of nitrogens with one attached hydrogen (secondary N) is 1. The minimum atomic E-state index is -0.0271. The van der Waals surface area contributed by atoms with Gasteiger partial charge in [0.25, 0.3) is 0 Å². The maximum absolute atomic E-state index is 5.68. The summed E-state index contributed by atoms with van der Waals surface area (Å²) in [6.07, 6.45) is 0. The van der Waals surface area contributed by atoms with Crippen molar-refractivity contribution in [3.05, 3.63) is 65.2 Å². The molecule has 94 valence electrons. The Morgan fingerprint density at radius 3 is 2.39 bits per heavy atom. The first kappa shape index (κ1) is 12.6. The lowest BCUT2D eigenvalue weighted by molar-refractivity contribution is 0.410. The fourth-order valence-corrected chi connectivity index (χ4v) is 2.05. The zero-order valence-corrected chi connectivity index (χ0v) is 10.7. The van der Waals surface area contributed by atoms with E-state index in [9.17, 15) is 0 Å². The number of benzene rings is 2. The fourth-order valence-electron chi connectivity index (χ4n) is 2.05. The molecule has 0 amide bonds. The molecule has 0 saturated heterocycles. The Hall–Kier alpha value is -1.84. The van der Waals surface area contributed by atoms with Crippen molar-refractivity contribution in [3.63, 3.8) is 0 Å². The van der Waals surface area contributed by atoms with Crippen molar-refractivity contribution in [1.29, 1.82) is 0 Å². The van der Waals surface area contributed by atoms with E-state index in [4.69, 9.17) is 10.6 Å². The molecule has 0 radical (unpaired) electrons. The molecule has 0 fully saturated rings. The van der Waals surface area contributed by atoms with Crippen molar-refractivity contribution in [2.75, 3.05) is 7.11 Å². The molecule has 2 aromatic rings. The smallest absolute Gasteiger partial charge is 0.122 e. The summed E-state index contributed by atoms with van der Waals surface area (Å²) in [5.41, 5.74) is 6.19. The van der Waals surface area contributed by atoms with E-state index in [-0.39, 0.29) is 6.04 Å². The first-order valence-corrected chi connectivity index (χ1v) is 5.92. The lowest BCUT2D eigenvalue weighted by Crippen LogP contribution is -2.28. The van der Waals surface area contributed by atoms with Crippen LogP contribution in [0, 0.1) is 6.92 Å². The molecule has 1 unspecified atom stereocenters. The summed E-state index contributed by atoms with van der Waals surface area (Å²) in [6, 6.07) is 16.2. The molecular formula is C15H18N2O. The van der Waals surface area contributed by atoms with Gasteiger partial charge in [0, 0.05) is 0 Å². The van der Waals surface area contributed by atoms with E-state index in [2.05, 4.69) is 23.6 Å². The summed E-state index contributed by atoms with van der Waals surface area (Å²) < 4.78 is 5.35. The zero-order valence-electron chi connectivity index (χ0n) is 10.7. The molecule has 1 atom stereocenters. The van der Waals surface area contributed by atoms with E-state index in [1.165, 1.54) is 0 Å². The molecule has 0 heterocycles. The molecular weight excluding hydrogens is 224 g/mol. The van der Waals surface area contributed by atoms with Gasteiger partial charge in [-0.05, 0) is 29.7 Å². The average molecular weight is 242 g/mol. The summed E-state index contributed by atoms with van der Waals surface area (Å²) in [5.74, 6) is 6.55. The van der Waals surface area contributed by atoms with Gasteiger partial charge in [-0.3, -0.25) is 5.84 Å². The van der Waals surface area contributed by atoms with Crippen LogP contribution in [-0.4, -0.2) is 7.11 Å². The Kier molecular flexibility index (Phi) is 3.97. The molecule has 0 aliphatic rings. The number of nitrogens with two attached hydrogens (primary N) is 1. The number of rotatable bonds is 4. The van der Waals surface area contributed by atoms with Gasteiger partial charge in [-0.15, -0.1) is 0 Å². The molecule has 0 saturated carbocycles.